The summed E-state index contributed by atoms with van der Waals surface area (Å²) in [5.41, 5.74) is 3.13. The van der Waals surface area contributed by atoms with Gasteiger partial charge < -0.3 is 14.8 Å². The van der Waals surface area contributed by atoms with E-state index < -0.39 is 10.0 Å². The number of methoxy groups -OCH3 is 2. The number of hydrogen-bond donors (Lipinski definition) is 1. The summed E-state index contributed by atoms with van der Waals surface area (Å²) in [6.45, 7) is 7.42. The molecule has 0 radical (unpaired) electrons. The zero-order chi connectivity index (χ0) is 24.7. The largest absolute Gasteiger partial charge is 0.493 e. The van der Waals surface area contributed by atoms with E-state index in [1.807, 2.05) is 12.1 Å². The Kier molecular flexibility index (Phi) is 8.74. The van der Waals surface area contributed by atoms with Crippen LogP contribution >= 0.6 is 0 Å². The van der Waals surface area contributed by atoms with Gasteiger partial charge in [-0.3, -0.25) is 4.79 Å². The molecule has 2 aromatic carbocycles. The van der Waals surface area contributed by atoms with Crippen LogP contribution in [0.2, 0.25) is 0 Å². The van der Waals surface area contributed by atoms with E-state index in [1.165, 1.54) is 0 Å². The Bertz CT molecular complexity index is 1120. The monoisotopic (exact) mass is 486 g/mol. The fraction of sp³-hybridized carbons (Fsp3) is 0.423. The van der Waals surface area contributed by atoms with Crippen LogP contribution in [0.4, 0.5) is 0 Å². The van der Waals surface area contributed by atoms with E-state index >= 15 is 0 Å². The molecule has 0 atom stereocenters. The first-order valence-electron chi connectivity index (χ1n) is 11.6. The van der Waals surface area contributed by atoms with Gasteiger partial charge in [-0.1, -0.05) is 38.1 Å². The molecule has 8 heteroatoms. The van der Waals surface area contributed by atoms with E-state index in [4.69, 9.17) is 9.47 Å². The second-order valence-electron chi connectivity index (χ2n) is 8.42. The molecule has 0 spiro atoms. The second-order valence-corrected chi connectivity index (χ2v) is 10.4. The Balaban J connectivity index is 1.62. The Morgan fingerprint density at radius 2 is 1.71 bits per heavy atom. The van der Waals surface area contributed by atoms with E-state index in [0.717, 1.165) is 42.4 Å². The SMILES string of the molecule is C=C(Cc1cc(CC)cc(OC)c1OC)C(=O)NCc1ccc(S(=O)(=O)N2CCCCC2)cc1. The number of nitrogens with one attached hydrogen (secondary N) is 1. The van der Waals surface area contributed by atoms with Crippen molar-refractivity contribution in [2.75, 3.05) is 27.3 Å². The summed E-state index contributed by atoms with van der Waals surface area (Å²) in [4.78, 5) is 13.0. The van der Waals surface area contributed by atoms with Crippen molar-refractivity contribution in [3.05, 3.63) is 65.2 Å². The number of rotatable bonds is 10. The van der Waals surface area contributed by atoms with E-state index in [-0.39, 0.29) is 17.3 Å². The summed E-state index contributed by atoms with van der Waals surface area (Å²) in [5, 5.41) is 2.86. The first-order chi connectivity index (χ1) is 16.3. The number of piperidine rings is 1. The van der Waals surface area contributed by atoms with Crippen LogP contribution in [-0.2, 0) is 34.2 Å². The molecule has 0 aliphatic carbocycles. The van der Waals surface area contributed by atoms with Gasteiger partial charge in [0, 0.05) is 37.2 Å². The third-order valence-electron chi connectivity index (χ3n) is 6.08. The van der Waals surface area contributed by atoms with Gasteiger partial charge in [0.25, 0.3) is 0 Å². The lowest BCUT2D eigenvalue weighted by molar-refractivity contribution is -0.117. The Labute approximate surface area is 202 Å². The van der Waals surface area contributed by atoms with Gasteiger partial charge in [0.15, 0.2) is 11.5 Å². The summed E-state index contributed by atoms with van der Waals surface area (Å²) in [5.74, 6) is 0.955. The Morgan fingerprint density at radius 3 is 2.29 bits per heavy atom. The highest BCUT2D eigenvalue weighted by molar-refractivity contribution is 7.89. The van der Waals surface area contributed by atoms with Crippen molar-refractivity contribution < 1.29 is 22.7 Å². The molecule has 1 amide bonds. The summed E-state index contributed by atoms with van der Waals surface area (Å²) < 4.78 is 38.1. The molecular weight excluding hydrogens is 452 g/mol. The maximum atomic E-state index is 12.8. The first kappa shape index (κ1) is 25.8. The molecule has 1 aliphatic heterocycles. The van der Waals surface area contributed by atoms with Crippen molar-refractivity contribution >= 4 is 15.9 Å². The molecule has 1 saturated heterocycles. The molecule has 1 heterocycles. The number of carbonyl (C=O) groups is 1. The van der Waals surface area contributed by atoms with Crippen LogP contribution in [0.15, 0.2) is 53.4 Å². The number of sulfonamides is 1. The molecule has 0 bridgehead atoms. The highest BCUT2D eigenvalue weighted by atomic mass is 32.2. The lowest BCUT2D eigenvalue weighted by Gasteiger charge is -2.25. The second kappa shape index (κ2) is 11.5. The van der Waals surface area contributed by atoms with Crippen molar-refractivity contribution in [3.8, 4) is 11.5 Å². The summed E-state index contributed by atoms with van der Waals surface area (Å²) in [7, 11) is -0.303. The van der Waals surface area contributed by atoms with Crippen molar-refractivity contribution in [1.29, 1.82) is 0 Å². The number of carbonyl (C=O) groups excluding carboxylic acids is 1. The highest BCUT2D eigenvalue weighted by Crippen LogP contribution is 2.34. The van der Waals surface area contributed by atoms with Crippen LogP contribution in [0.1, 0.15) is 42.9 Å². The number of nitrogens with zero attached hydrogens (tertiary/aromatic N) is 1. The van der Waals surface area contributed by atoms with Gasteiger partial charge in [0.05, 0.1) is 19.1 Å². The van der Waals surface area contributed by atoms with Crippen LogP contribution in [0.5, 0.6) is 11.5 Å². The zero-order valence-corrected chi connectivity index (χ0v) is 21.0. The fourth-order valence-electron chi connectivity index (χ4n) is 4.09. The molecule has 0 aromatic heterocycles. The minimum atomic E-state index is -3.47. The molecule has 2 aromatic rings. The van der Waals surface area contributed by atoms with Gasteiger partial charge in [0.1, 0.15) is 0 Å². The van der Waals surface area contributed by atoms with Gasteiger partial charge in [-0.15, -0.1) is 0 Å². The van der Waals surface area contributed by atoms with E-state index in [0.29, 0.717) is 36.6 Å². The minimum absolute atomic E-state index is 0.270. The molecule has 1 aliphatic rings. The molecule has 1 N–H and O–H groups in total. The molecule has 34 heavy (non-hydrogen) atoms. The lowest BCUT2D eigenvalue weighted by Crippen LogP contribution is -2.35. The van der Waals surface area contributed by atoms with E-state index in [2.05, 4.69) is 18.8 Å². The minimum Gasteiger partial charge on any atom is -0.493 e. The smallest absolute Gasteiger partial charge is 0.247 e. The van der Waals surface area contributed by atoms with Gasteiger partial charge in [0.2, 0.25) is 15.9 Å². The molecule has 0 unspecified atom stereocenters. The van der Waals surface area contributed by atoms with Crippen molar-refractivity contribution in [1.82, 2.24) is 9.62 Å². The number of amides is 1. The third kappa shape index (κ3) is 5.98. The first-order valence-corrected chi connectivity index (χ1v) is 13.0. The normalized spacial score (nSPS) is 14.4. The average Bonchev–Trinajstić information content (AvgIpc) is 2.87. The third-order valence-corrected chi connectivity index (χ3v) is 7.99. The molecule has 7 nitrogen and oxygen atoms in total. The topological polar surface area (TPSA) is 84.9 Å². The summed E-state index contributed by atoms with van der Waals surface area (Å²) >= 11 is 0. The summed E-state index contributed by atoms with van der Waals surface area (Å²) in [6, 6.07) is 10.6. The van der Waals surface area contributed by atoms with E-state index in [1.54, 1.807) is 42.8 Å². The van der Waals surface area contributed by atoms with Gasteiger partial charge in [-0.2, -0.15) is 4.31 Å². The lowest BCUT2D eigenvalue weighted by atomic mass is 10.00. The van der Waals surface area contributed by atoms with Crippen LogP contribution in [0.3, 0.4) is 0 Å². The van der Waals surface area contributed by atoms with Crippen molar-refractivity contribution in [2.24, 2.45) is 0 Å². The highest BCUT2D eigenvalue weighted by Gasteiger charge is 2.25. The van der Waals surface area contributed by atoms with Gasteiger partial charge in [-0.25, -0.2) is 8.42 Å². The molecular formula is C26H34N2O5S. The van der Waals surface area contributed by atoms with E-state index in [9.17, 15) is 13.2 Å². The Morgan fingerprint density at radius 1 is 1.03 bits per heavy atom. The molecule has 3 rings (SSSR count). The van der Waals surface area contributed by atoms with Crippen LogP contribution in [-0.4, -0.2) is 45.9 Å². The molecule has 0 saturated carbocycles. The van der Waals surface area contributed by atoms with Gasteiger partial charge >= 0.3 is 0 Å². The number of ether oxygens (including phenoxy) is 2. The molecule has 184 valence electrons. The van der Waals surface area contributed by atoms with Crippen molar-refractivity contribution in [3.63, 3.8) is 0 Å². The number of hydrogen-bond acceptors (Lipinski definition) is 5. The Hall–Kier alpha value is -2.84. The predicted octanol–water partition coefficient (Wildman–Crippen LogP) is 3.86. The standard InChI is InChI=1S/C26H34N2O5S/c1-5-20-16-22(25(33-4)24(17-20)32-3)15-19(2)26(29)27-18-21-9-11-23(12-10-21)34(30,31)28-13-7-6-8-14-28/h9-12,16-17H,2,5-8,13-15,18H2,1,3-4H3,(H,27,29). The zero-order valence-electron chi connectivity index (χ0n) is 20.2. The van der Waals surface area contributed by atoms with Crippen molar-refractivity contribution in [2.45, 2.75) is 50.5 Å². The van der Waals surface area contributed by atoms with Crippen LogP contribution in [0, 0.1) is 0 Å². The molecule has 1 fully saturated rings. The number of benzene rings is 2. The van der Waals surface area contributed by atoms with Crippen LogP contribution in [0.25, 0.3) is 0 Å². The number of aryl methyl sites for hydroxylation is 1. The maximum Gasteiger partial charge on any atom is 0.247 e. The predicted molar refractivity (Wildman–Crippen MR) is 133 cm³/mol. The quantitative estimate of drug-likeness (QED) is 0.516. The maximum absolute atomic E-state index is 12.8. The fourth-order valence-corrected chi connectivity index (χ4v) is 5.61. The average molecular weight is 487 g/mol. The van der Waals surface area contributed by atoms with Crippen LogP contribution < -0.4 is 14.8 Å². The van der Waals surface area contributed by atoms with Gasteiger partial charge in [-0.05, 0) is 48.6 Å². The summed E-state index contributed by atoms with van der Waals surface area (Å²) in [6.07, 6.45) is 4.02.